The lowest BCUT2D eigenvalue weighted by molar-refractivity contribution is -0.133. The number of rotatable bonds is 5. The number of aryl methyl sites for hydroxylation is 1. The van der Waals surface area contributed by atoms with Crippen LogP contribution >= 0.6 is 0 Å². The fraction of sp³-hybridized carbons (Fsp3) is 0.640. The van der Waals surface area contributed by atoms with Crippen molar-refractivity contribution in [2.75, 3.05) is 26.2 Å². The lowest BCUT2D eigenvalue weighted by Gasteiger charge is -2.41. The second-order valence-electron chi connectivity index (χ2n) is 10.0. The molecule has 2 fully saturated rings. The van der Waals surface area contributed by atoms with Gasteiger partial charge in [0, 0.05) is 50.4 Å². The largest absolute Gasteiger partial charge is 0.353 e. The zero-order valence-electron chi connectivity index (χ0n) is 19.9. The summed E-state index contributed by atoms with van der Waals surface area (Å²) >= 11 is 0. The summed E-state index contributed by atoms with van der Waals surface area (Å²) in [6, 6.07) is 6.51. The number of nitrogens with one attached hydrogen (secondary N) is 1. The Kier molecular flexibility index (Phi) is 6.56. The van der Waals surface area contributed by atoms with Gasteiger partial charge in [0.25, 0.3) is 5.91 Å². The van der Waals surface area contributed by atoms with Gasteiger partial charge in [-0.3, -0.25) is 9.59 Å². The van der Waals surface area contributed by atoms with Gasteiger partial charge in [-0.1, -0.05) is 0 Å². The highest BCUT2D eigenvalue weighted by molar-refractivity contribution is 5.98. The average molecular weight is 440 g/mol. The van der Waals surface area contributed by atoms with E-state index < -0.39 is 5.41 Å². The molecular weight excluding hydrogens is 402 g/mol. The molecule has 0 spiro atoms. The summed E-state index contributed by atoms with van der Waals surface area (Å²) in [5.41, 5.74) is 1.97. The molecular formula is C25H37N5O2. The summed E-state index contributed by atoms with van der Waals surface area (Å²) < 4.78 is 2.07. The Hall–Kier alpha value is -2.41. The number of carbonyl (C=O) groups is 2. The van der Waals surface area contributed by atoms with E-state index in [1.54, 1.807) is 0 Å². The molecule has 174 valence electrons. The van der Waals surface area contributed by atoms with E-state index in [0.29, 0.717) is 24.7 Å². The van der Waals surface area contributed by atoms with E-state index in [4.69, 9.17) is 0 Å². The van der Waals surface area contributed by atoms with Gasteiger partial charge < -0.3 is 19.7 Å². The average Bonchev–Trinajstić information content (AvgIpc) is 3.21. The predicted molar refractivity (Wildman–Crippen MR) is 127 cm³/mol. The van der Waals surface area contributed by atoms with Crippen molar-refractivity contribution in [2.24, 2.45) is 5.41 Å². The summed E-state index contributed by atoms with van der Waals surface area (Å²) in [4.78, 5) is 35.3. The molecule has 4 rings (SSSR count). The predicted octanol–water partition coefficient (Wildman–Crippen LogP) is 3.29. The minimum absolute atomic E-state index is 0.0121. The van der Waals surface area contributed by atoms with Gasteiger partial charge >= 0.3 is 0 Å². The number of imidazole rings is 1. The lowest BCUT2D eigenvalue weighted by atomic mass is 9.80. The van der Waals surface area contributed by atoms with Gasteiger partial charge in [0.15, 0.2) is 0 Å². The number of fused-ring (bicyclic) bond motifs is 1. The minimum atomic E-state index is -0.545. The molecule has 7 nitrogen and oxygen atoms in total. The quantitative estimate of drug-likeness (QED) is 0.776. The summed E-state index contributed by atoms with van der Waals surface area (Å²) in [5, 5.41) is 3.30. The van der Waals surface area contributed by atoms with Crippen molar-refractivity contribution in [3.8, 4) is 0 Å². The normalized spacial score (nSPS) is 23.1. The molecule has 3 heterocycles. The maximum absolute atomic E-state index is 13.3. The standard InChI is InChI=1S/C25H37N5O2/c1-5-28-17-26-21-15-19(7-8-22(21)28)23(31)30-12-6-11-25(4,16-30)24(32)27-20-9-13-29(14-10-20)18(2)3/h7-8,15,17-18,20H,5-6,9-14,16H2,1-4H3,(H,27,32). The monoisotopic (exact) mass is 439 g/mol. The molecule has 2 aromatic rings. The maximum Gasteiger partial charge on any atom is 0.253 e. The molecule has 2 amide bonds. The van der Waals surface area contributed by atoms with E-state index in [2.05, 4.69) is 40.5 Å². The molecule has 1 unspecified atom stereocenters. The first-order valence-electron chi connectivity index (χ1n) is 12.1. The highest BCUT2D eigenvalue weighted by Gasteiger charge is 2.40. The zero-order chi connectivity index (χ0) is 22.9. The molecule has 1 aromatic heterocycles. The van der Waals surface area contributed by atoms with E-state index >= 15 is 0 Å². The third-order valence-electron chi connectivity index (χ3n) is 7.34. The number of nitrogens with zero attached hydrogens (tertiary/aromatic N) is 4. The first kappa shape index (κ1) is 22.8. The zero-order valence-corrected chi connectivity index (χ0v) is 19.9. The topological polar surface area (TPSA) is 70.5 Å². The highest BCUT2D eigenvalue weighted by atomic mass is 16.2. The van der Waals surface area contributed by atoms with Gasteiger partial charge in [-0.15, -0.1) is 0 Å². The maximum atomic E-state index is 13.3. The summed E-state index contributed by atoms with van der Waals surface area (Å²) in [6.07, 6.45) is 5.45. The summed E-state index contributed by atoms with van der Waals surface area (Å²) in [6.45, 7) is 12.6. The number of amides is 2. The smallest absolute Gasteiger partial charge is 0.253 e. The number of piperidine rings is 2. The molecule has 0 radical (unpaired) electrons. The SMILES string of the molecule is CCn1cnc2cc(C(=O)N3CCCC(C)(C(=O)NC4CCN(C(C)C)CC4)C3)ccc21. The molecule has 0 aliphatic carbocycles. The number of carbonyl (C=O) groups excluding carboxylic acids is 2. The molecule has 0 bridgehead atoms. The van der Waals surface area contributed by atoms with E-state index in [1.807, 2.05) is 36.4 Å². The van der Waals surface area contributed by atoms with Crippen LogP contribution in [-0.4, -0.2) is 69.4 Å². The number of hydrogen-bond donors (Lipinski definition) is 1. The molecule has 32 heavy (non-hydrogen) atoms. The van der Waals surface area contributed by atoms with Crippen LogP contribution in [0.3, 0.4) is 0 Å². The minimum Gasteiger partial charge on any atom is -0.353 e. The van der Waals surface area contributed by atoms with Crippen molar-refractivity contribution >= 4 is 22.8 Å². The number of likely N-dealkylation sites (tertiary alicyclic amines) is 2. The Morgan fingerprint density at radius 3 is 2.66 bits per heavy atom. The Labute approximate surface area is 191 Å². The molecule has 2 aliphatic rings. The highest BCUT2D eigenvalue weighted by Crippen LogP contribution is 2.31. The number of aromatic nitrogens is 2. The molecule has 2 saturated heterocycles. The molecule has 2 aliphatic heterocycles. The van der Waals surface area contributed by atoms with Crippen molar-refractivity contribution in [1.82, 2.24) is 24.7 Å². The van der Waals surface area contributed by atoms with Crippen molar-refractivity contribution in [1.29, 1.82) is 0 Å². The van der Waals surface area contributed by atoms with Gasteiger partial charge in [-0.2, -0.15) is 0 Å². The molecule has 7 heteroatoms. The van der Waals surface area contributed by atoms with Crippen LogP contribution < -0.4 is 5.32 Å². The van der Waals surface area contributed by atoms with Gasteiger partial charge in [-0.05, 0) is 71.6 Å². The third-order valence-corrected chi connectivity index (χ3v) is 7.34. The van der Waals surface area contributed by atoms with Crippen LogP contribution in [0.25, 0.3) is 11.0 Å². The van der Waals surface area contributed by atoms with Crippen molar-refractivity contribution in [3.05, 3.63) is 30.1 Å². The second kappa shape index (κ2) is 9.22. The van der Waals surface area contributed by atoms with Crippen molar-refractivity contribution in [3.63, 3.8) is 0 Å². The van der Waals surface area contributed by atoms with Crippen LogP contribution in [0.15, 0.2) is 24.5 Å². The first-order chi connectivity index (χ1) is 15.3. The second-order valence-corrected chi connectivity index (χ2v) is 10.0. The Morgan fingerprint density at radius 1 is 1.22 bits per heavy atom. The number of benzene rings is 1. The van der Waals surface area contributed by atoms with E-state index in [1.165, 1.54) is 0 Å². The van der Waals surface area contributed by atoms with Gasteiger partial charge in [-0.25, -0.2) is 4.98 Å². The Bertz CT molecular complexity index is 976. The van der Waals surface area contributed by atoms with Gasteiger partial charge in [0.2, 0.25) is 5.91 Å². The molecule has 0 saturated carbocycles. The van der Waals surface area contributed by atoms with Crippen LogP contribution in [-0.2, 0) is 11.3 Å². The molecule has 1 N–H and O–H groups in total. The van der Waals surface area contributed by atoms with Crippen LogP contribution in [0.1, 0.15) is 63.7 Å². The van der Waals surface area contributed by atoms with E-state index in [0.717, 1.165) is 56.4 Å². The summed E-state index contributed by atoms with van der Waals surface area (Å²) in [5.74, 6) is 0.0806. The van der Waals surface area contributed by atoms with Gasteiger partial charge in [0.1, 0.15) is 0 Å². The lowest BCUT2D eigenvalue weighted by Crippen LogP contribution is -2.55. The van der Waals surface area contributed by atoms with Gasteiger partial charge in [0.05, 0.1) is 22.8 Å². The molecule has 1 atom stereocenters. The van der Waals surface area contributed by atoms with Crippen molar-refractivity contribution < 1.29 is 9.59 Å². The Morgan fingerprint density at radius 2 is 1.97 bits per heavy atom. The van der Waals surface area contributed by atoms with E-state index in [9.17, 15) is 9.59 Å². The van der Waals surface area contributed by atoms with Crippen LogP contribution in [0.4, 0.5) is 0 Å². The van der Waals surface area contributed by atoms with Crippen LogP contribution in [0, 0.1) is 5.41 Å². The fourth-order valence-corrected chi connectivity index (χ4v) is 5.15. The molecule has 1 aromatic carbocycles. The first-order valence-corrected chi connectivity index (χ1v) is 12.1. The number of hydrogen-bond acceptors (Lipinski definition) is 4. The van der Waals surface area contributed by atoms with Crippen LogP contribution in [0.5, 0.6) is 0 Å². The van der Waals surface area contributed by atoms with E-state index in [-0.39, 0.29) is 17.9 Å². The van der Waals surface area contributed by atoms with Crippen LogP contribution in [0.2, 0.25) is 0 Å². The fourth-order valence-electron chi connectivity index (χ4n) is 5.15. The third kappa shape index (κ3) is 4.53. The Balaban J connectivity index is 1.40. The van der Waals surface area contributed by atoms with Crippen molar-refractivity contribution in [2.45, 2.75) is 72.0 Å². The summed E-state index contributed by atoms with van der Waals surface area (Å²) in [7, 11) is 0.